The van der Waals surface area contributed by atoms with Crippen LogP contribution >= 0.6 is 11.6 Å². The third-order valence-corrected chi connectivity index (χ3v) is 8.04. The minimum Gasteiger partial charge on any atom is -0.481 e. The number of fused-ring (bicyclic) bond motifs is 1. The number of alkyl halides is 2. The molecule has 5 rings (SSSR count). The highest BCUT2D eigenvalue weighted by Crippen LogP contribution is 2.41. The van der Waals surface area contributed by atoms with Crippen molar-refractivity contribution in [3.05, 3.63) is 105 Å². The SMILES string of the molecule is COc1nc2ccc(C(O)(c3cnc(C)n3C)c3cnc(C)n3C)cc2c(Cl)c1Cc1ccc(C(C)(F)F)cc1. The first-order chi connectivity index (χ1) is 18.9. The Labute approximate surface area is 236 Å². The second-order valence-corrected chi connectivity index (χ2v) is 10.5. The zero-order chi connectivity index (χ0) is 29.0. The topological polar surface area (TPSA) is 78.0 Å². The number of benzene rings is 2. The molecule has 0 saturated heterocycles. The molecule has 5 aromatic rings. The van der Waals surface area contributed by atoms with Crippen molar-refractivity contribution in [1.82, 2.24) is 24.1 Å². The Morgan fingerprint density at radius 3 is 1.95 bits per heavy atom. The first-order valence-corrected chi connectivity index (χ1v) is 13.1. The van der Waals surface area contributed by atoms with Crippen LogP contribution in [0.2, 0.25) is 5.02 Å². The third kappa shape index (κ3) is 4.53. The van der Waals surface area contributed by atoms with Gasteiger partial charge >= 0.3 is 0 Å². The summed E-state index contributed by atoms with van der Waals surface area (Å²) < 4.78 is 36.7. The fraction of sp³-hybridized carbons (Fsp3) is 0.300. The van der Waals surface area contributed by atoms with Crippen LogP contribution in [0.15, 0.2) is 54.9 Å². The Morgan fingerprint density at radius 2 is 1.48 bits per heavy atom. The molecule has 0 aliphatic heterocycles. The lowest BCUT2D eigenvalue weighted by Gasteiger charge is -2.30. The van der Waals surface area contributed by atoms with E-state index >= 15 is 0 Å². The van der Waals surface area contributed by atoms with Crippen LogP contribution in [-0.4, -0.2) is 36.3 Å². The van der Waals surface area contributed by atoms with E-state index in [0.29, 0.717) is 50.7 Å². The van der Waals surface area contributed by atoms with E-state index in [-0.39, 0.29) is 5.56 Å². The summed E-state index contributed by atoms with van der Waals surface area (Å²) in [5.74, 6) is -1.10. The highest BCUT2D eigenvalue weighted by atomic mass is 35.5. The van der Waals surface area contributed by atoms with Crippen molar-refractivity contribution in [1.29, 1.82) is 0 Å². The summed E-state index contributed by atoms with van der Waals surface area (Å²) in [4.78, 5) is 13.5. The number of aromatic nitrogens is 5. The molecule has 0 unspecified atom stereocenters. The van der Waals surface area contributed by atoms with E-state index in [9.17, 15) is 13.9 Å². The van der Waals surface area contributed by atoms with E-state index < -0.39 is 11.5 Å². The number of ether oxygens (including phenoxy) is 1. The molecule has 0 spiro atoms. The van der Waals surface area contributed by atoms with Crippen LogP contribution in [0.4, 0.5) is 8.78 Å². The third-order valence-electron chi connectivity index (χ3n) is 7.61. The molecule has 0 aliphatic rings. The molecule has 40 heavy (non-hydrogen) atoms. The summed E-state index contributed by atoms with van der Waals surface area (Å²) >= 11 is 7.01. The highest BCUT2D eigenvalue weighted by Gasteiger charge is 2.40. The molecule has 0 amide bonds. The van der Waals surface area contributed by atoms with Crippen LogP contribution in [-0.2, 0) is 32.0 Å². The largest absolute Gasteiger partial charge is 0.481 e. The van der Waals surface area contributed by atoms with Crippen LogP contribution in [0.25, 0.3) is 10.9 Å². The number of aliphatic hydroxyl groups is 1. The van der Waals surface area contributed by atoms with Gasteiger partial charge in [0.1, 0.15) is 11.6 Å². The van der Waals surface area contributed by atoms with E-state index in [1.165, 1.54) is 19.2 Å². The molecule has 0 radical (unpaired) electrons. The molecule has 2 aromatic carbocycles. The van der Waals surface area contributed by atoms with Crippen LogP contribution < -0.4 is 4.74 Å². The van der Waals surface area contributed by atoms with Crippen LogP contribution in [0.5, 0.6) is 5.88 Å². The summed E-state index contributed by atoms with van der Waals surface area (Å²) in [5, 5.41) is 13.5. The number of hydrogen-bond donors (Lipinski definition) is 1. The Morgan fingerprint density at radius 1 is 0.925 bits per heavy atom. The number of hydrogen-bond acceptors (Lipinski definition) is 5. The van der Waals surface area contributed by atoms with Gasteiger partial charge in [0.25, 0.3) is 5.92 Å². The first-order valence-electron chi connectivity index (χ1n) is 12.7. The van der Waals surface area contributed by atoms with Crippen molar-refractivity contribution in [2.75, 3.05) is 7.11 Å². The van der Waals surface area contributed by atoms with Crippen molar-refractivity contribution in [3.63, 3.8) is 0 Å². The van der Waals surface area contributed by atoms with Gasteiger partial charge < -0.3 is 19.0 Å². The van der Waals surface area contributed by atoms with E-state index in [2.05, 4.69) is 15.0 Å². The van der Waals surface area contributed by atoms with Crippen molar-refractivity contribution in [3.8, 4) is 5.88 Å². The summed E-state index contributed by atoms with van der Waals surface area (Å²) in [6.45, 7) is 4.60. The molecular weight excluding hydrogens is 536 g/mol. The lowest BCUT2D eigenvalue weighted by atomic mass is 9.86. The fourth-order valence-electron chi connectivity index (χ4n) is 5.01. The molecule has 0 aliphatic carbocycles. The number of halogens is 3. The first kappa shape index (κ1) is 27.7. The van der Waals surface area contributed by atoms with Crippen molar-refractivity contribution in [2.24, 2.45) is 14.1 Å². The van der Waals surface area contributed by atoms with E-state index in [4.69, 9.17) is 16.3 Å². The Balaban J connectivity index is 1.68. The van der Waals surface area contributed by atoms with E-state index in [1.54, 1.807) is 36.7 Å². The van der Waals surface area contributed by atoms with Gasteiger partial charge in [0.15, 0.2) is 5.60 Å². The molecule has 3 aromatic heterocycles. The molecule has 0 saturated carbocycles. The number of rotatable bonds is 7. The molecular formula is C30H30ClF2N5O2. The maximum Gasteiger partial charge on any atom is 0.270 e. The van der Waals surface area contributed by atoms with E-state index in [1.807, 2.05) is 43.1 Å². The molecule has 3 heterocycles. The summed E-state index contributed by atoms with van der Waals surface area (Å²) in [6, 6.07) is 11.5. The van der Waals surface area contributed by atoms with Crippen LogP contribution in [0.3, 0.4) is 0 Å². The molecule has 0 atom stereocenters. The number of pyridine rings is 1. The zero-order valence-electron chi connectivity index (χ0n) is 23.1. The summed E-state index contributed by atoms with van der Waals surface area (Å²) in [7, 11) is 5.21. The van der Waals surface area contributed by atoms with Crippen LogP contribution in [0.1, 0.15) is 52.2 Å². The van der Waals surface area contributed by atoms with Crippen molar-refractivity contribution < 1.29 is 18.6 Å². The Hall–Kier alpha value is -3.82. The average molecular weight is 566 g/mol. The minimum absolute atomic E-state index is 0.0642. The van der Waals surface area contributed by atoms with Crippen molar-refractivity contribution >= 4 is 22.5 Å². The lowest BCUT2D eigenvalue weighted by molar-refractivity contribution is 0.0174. The maximum atomic E-state index is 13.7. The second kappa shape index (κ2) is 9.98. The Kier molecular flexibility index (Phi) is 6.92. The minimum atomic E-state index is -2.93. The van der Waals surface area contributed by atoms with Gasteiger partial charge in [0, 0.05) is 44.0 Å². The van der Waals surface area contributed by atoms with E-state index in [0.717, 1.165) is 24.1 Å². The summed E-state index contributed by atoms with van der Waals surface area (Å²) in [6.07, 6.45) is 3.63. The number of aryl methyl sites for hydroxylation is 2. The molecule has 7 nitrogen and oxygen atoms in total. The average Bonchev–Trinajstić information content (AvgIpc) is 3.45. The standard InChI is InChI=1S/C30H30ClF2N5O2/c1-17-34-15-25(37(17)4)30(39,26-16-35-18(2)38(26)5)21-11-12-24-22(14-21)27(31)23(28(36-24)40-6)13-19-7-9-20(10-8-19)29(3,32)33/h7-12,14-16,39H,13H2,1-6H3. The summed E-state index contributed by atoms with van der Waals surface area (Å²) in [5.41, 5.74) is 1.99. The molecule has 10 heteroatoms. The van der Waals surface area contributed by atoms with Gasteiger partial charge in [-0.2, -0.15) is 0 Å². The van der Waals surface area contributed by atoms with Gasteiger partial charge in [-0.1, -0.05) is 41.9 Å². The molecule has 0 bridgehead atoms. The van der Waals surface area contributed by atoms with Gasteiger partial charge in [-0.05, 0) is 37.1 Å². The maximum absolute atomic E-state index is 13.7. The molecule has 1 N–H and O–H groups in total. The lowest BCUT2D eigenvalue weighted by Crippen LogP contribution is -2.33. The highest BCUT2D eigenvalue weighted by molar-refractivity contribution is 6.36. The van der Waals surface area contributed by atoms with Gasteiger partial charge in [0.05, 0.1) is 41.4 Å². The number of imidazole rings is 2. The number of methoxy groups -OCH3 is 1. The van der Waals surface area contributed by atoms with Crippen LogP contribution in [0, 0.1) is 13.8 Å². The van der Waals surface area contributed by atoms with Gasteiger partial charge in [-0.25, -0.2) is 23.7 Å². The predicted molar refractivity (Wildman–Crippen MR) is 150 cm³/mol. The van der Waals surface area contributed by atoms with Crippen molar-refractivity contribution in [2.45, 2.75) is 38.7 Å². The molecule has 0 fully saturated rings. The van der Waals surface area contributed by atoms with Gasteiger partial charge in [-0.3, -0.25) is 0 Å². The quantitative estimate of drug-likeness (QED) is 0.263. The predicted octanol–water partition coefficient (Wildman–Crippen LogP) is 5.97. The Bertz CT molecular complexity index is 1680. The smallest absolute Gasteiger partial charge is 0.270 e. The monoisotopic (exact) mass is 565 g/mol. The number of nitrogens with zero attached hydrogens (tertiary/aromatic N) is 5. The second-order valence-electron chi connectivity index (χ2n) is 10.1. The van der Waals surface area contributed by atoms with Gasteiger partial charge in [-0.15, -0.1) is 0 Å². The normalized spacial score (nSPS) is 12.3. The zero-order valence-corrected chi connectivity index (χ0v) is 23.9. The van der Waals surface area contributed by atoms with Gasteiger partial charge in [0.2, 0.25) is 5.88 Å². The fourth-order valence-corrected chi connectivity index (χ4v) is 5.31. The molecule has 208 valence electrons.